The molecular weight excluding hydrogens is 359 g/mol. The normalized spacial score (nSPS) is 15.7. The van der Waals surface area contributed by atoms with Gasteiger partial charge in [0.25, 0.3) is 0 Å². The molecule has 0 spiro atoms. The summed E-state index contributed by atoms with van der Waals surface area (Å²) < 4.78 is 23.1. The van der Waals surface area contributed by atoms with Crippen molar-refractivity contribution in [3.05, 3.63) is 54.2 Å². The highest BCUT2D eigenvalue weighted by Crippen LogP contribution is 2.38. The van der Waals surface area contributed by atoms with Gasteiger partial charge in [0.2, 0.25) is 0 Å². The molecule has 0 radical (unpaired) electrons. The summed E-state index contributed by atoms with van der Waals surface area (Å²) in [4.78, 5) is 4.25. The summed E-state index contributed by atoms with van der Waals surface area (Å²) in [5.41, 5.74) is 10.8. The Labute approximate surface area is 160 Å². The second-order valence-corrected chi connectivity index (χ2v) is 7.57. The Morgan fingerprint density at radius 1 is 1.21 bits per heavy atom. The summed E-state index contributed by atoms with van der Waals surface area (Å²) >= 11 is 0. The van der Waals surface area contributed by atoms with Crippen LogP contribution in [-0.2, 0) is 17.9 Å². The van der Waals surface area contributed by atoms with Gasteiger partial charge in [0.05, 0.1) is 48.1 Å². The van der Waals surface area contributed by atoms with Gasteiger partial charge in [-0.3, -0.25) is 9.67 Å². The van der Waals surface area contributed by atoms with Gasteiger partial charge in [-0.15, -0.1) is 0 Å². The van der Waals surface area contributed by atoms with Crippen LogP contribution < -0.4 is 5.73 Å². The van der Waals surface area contributed by atoms with E-state index in [1.54, 1.807) is 16.8 Å². The lowest BCUT2D eigenvalue weighted by atomic mass is 10.00. The van der Waals surface area contributed by atoms with E-state index in [0.717, 1.165) is 22.3 Å². The van der Waals surface area contributed by atoms with Gasteiger partial charge in [-0.1, -0.05) is 0 Å². The molecule has 28 heavy (non-hydrogen) atoms. The van der Waals surface area contributed by atoms with E-state index >= 15 is 0 Å². The predicted molar refractivity (Wildman–Crippen MR) is 103 cm³/mol. The number of fused-ring (bicyclic) bond motifs is 2. The Hall–Kier alpha value is -3.26. The van der Waals surface area contributed by atoms with Crippen LogP contribution in [0.2, 0.25) is 0 Å². The summed E-state index contributed by atoms with van der Waals surface area (Å²) in [6.45, 7) is 5.09. The van der Waals surface area contributed by atoms with Crippen molar-refractivity contribution < 1.29 is 9.13 Å². The third-order valence-electron chi connectivity index (χ3n) is 4.97. The van der Waals surface area contributed by atoms with Crippen LogP contribution in [0.5, 0.6) is 0 Å². The fourth-order valence-electron chi connectivity index (χ4n) is 3.65. The van der Waals surface area contributed by atoms with Crippen LogP contribution in [0.3, 0.4) is 0 Å². The van der Waals surface area contributed by atoms with Crippen molar-refractivity contribution in [2.45, 2.75) is 32.6 Å². The summed E-state index contributed by atoms with van der Waals surface area (Å²) in [5, 5.41) is 9.04. The summed E-state index contributed by atoms with van der Waals surface area (Å²) in [6.07, 6.45) is 2.91. The van der Waals surface area contributed by atoms with Crippen molar-refractivity contribution in [1.29, 1.82) is 0 Å². The van der Waals surface area contributed by atoms with Crippen LogP contribution in [0.25, 0.3) is 28.0 Å². The minimum atomic E-state index is -0.385. The maximum Gasteiger partial charge on any atom is 0.141 e. The number of nitrogens with two attached hydrogens (primary N) is 1. The van der Waals surface area contributed by atoms with Gasteiger partial charge in [-0.05, 0) is 49.7 Å². The molecule has 0 fully saturated rings. The number of nitrogen functional groups attached to an aromatic ring is 1. The fraction of sp³-hybridized carbons (Fsp3) is 0.250. The average molecular weight is 378 g/mol. The first-order valence-corrected chi connectivity index (χ1v) is 9.00. The second kappa shape index (κ2) is 5.87. The smallest absolute Gasteiger partial charge is 0.141 e. The van der Waals surface area contributed by atoms with Crippen LogP contribution in [0, 0.1) is 5.82 Å². The van der Waals surface area contributed by atoms with Crippen LogP contribution >= 0.6 is 0 Å². The number of hydrogen-bond donors (Lipinski definition) is 1. The van der Waals surface area contributed by atoms with E-state index in [4.69, 9.17) is 15.6 Å². The van der Waals surface area contributed by atoms with Crippen LogP contribution in [-0.4, -0.2) is 30.0 Å². The van der Waals surface area contributed by atoms with Crippen molar-refractivity contribution in [3.8, 4) is 22.5 Å². The Morgan fingerprint density at radius 2 is 2.07 bits per heavy atom. The van der Waals surface area contributed by atoms with Gasteiger partial charge >= 0.3 is 0 Å². The highest BCUT2D eigenvalue weighted by atomic mass is 19.1. The van der Waals surface area contributed by atoms with Gasteiger partial charge < -0.3 is 10.5 Å². The zero-order valence-electron chi connectivity index (χ0n) is 15.6. The fourth-order valence-corrected chi connectivity index (χ4v) is 3.65. The molecule has 0 saturated heterocycles. The number of nitrogens with zero attached hydrogens (tertiary/aromatic N) is 5. The van der Waals surface area contributed by atoms with Crippen LogP contribution in [0.4, 0.5) is 10.2 Å². The number of halogens is 1. The molecule has 2 N–H and O–H groups in total. The molecule has 1 aliphatic rings. The number of aromatic nitrogens is 5. The lowest BCUT2D eigenvalue weighted by Gasteiger charge is -2.31. The second-order valence-electron chi connectivity index (χ2n) is 7.57. The molecule has 0 saturated carbocycles. The maximum absolute atomic E-state index is 13.4. The van der Waals surface area contributed by atoms with Crippen LogP contribution in [0.1, 0.15) is 19.5 Å². The molecule has 7 nitrogen and oxygen atoms in total. The number of rotatable bonds is 2. The van der Waals surface area contributed by atoms with Crippen molar-refractivity contribution in [2.75, 3.05) is 5.73 Å². The predicted octanol–water partition coefficient (Wildman–Crippen LogP) is 3.29. The molecule has 0 atom stereocenters. The van der Waals surface area contributed by atoms with Gasteiger partial charge in [0.15, 0.2) is 0 Å². The van der Waals surface area contributed by atoms with E-state index in [1.807, 2.05) is 36.7 Å². The summed E-state index contributed by atoms with van der Waals surface area (Å²) in [7, 11) is 0. The van der Waals surface area contributed by atoms with E-state index in [1.165, 1.54) is 12.3 Å². The van der Waals surface area contributed by atoms with Crippen molar-refractivity contribution >= 4 is 11.3 Å². The van der Waals surface area contributed by atoms with Gasteiger partial charge in [-0.25, -0.2) is 8.91 Å². The van der Waals surface area contributed by atoms with Gasteiger partial charge in [0.1, 0.15) is 17.3 Å². The molecule has 0 aromatic carbocycles. The van der Waals surface area contributed by atoms with Crippen molar-refractivity contribution in [1.82, 2.24) is 24.4 Å². The van der Waals surface area contributed by atoms with Crippen molar-refractivity contribution in [2.24, 2.45) is 0 Å². The molecular formula is C20H19FN6O. The quantitative estimate of drug-likeness (QED) is 0.579. The standard InChI is InChI=1S/C20H19FN6O/c1-20(2)11-26-16(10-28-20)18(19(25-26)15-4-3-13(21)9-23-15)12-7-14-5-6-24-27(14)17(22)8-12/h3-9H,10-11,22H2,1-2H3. The average Bonchev–Trinajstić information content (AvgIpc) is 3.25. The first-order chi connectivity index (χ1) is 13.4. The SMILES string of the molecule is CC1(C)Cn2nc(-c3ccc(F)cn3)c(-c3cc(N)n4nccc4c3)c2CO1. The zero-order chi connectivity index (χ0) is 19.5. The Bertz CT molecular complexity index is 1190. The largest absolute Gasteiger partial charge is 0.384 e. The Balaban J connectivity index is 1.77. The van der Waals surface area contributed by atoms with E-state index in [0.29, 0.717) is 30.4 Å². The van der Waals surface area contributed by atoms with Gasteiger partial charge in [-0.2, -0.15) is 10.2 Å². The van der Waals surface area contributed by atoms with E-state index in [-0.39, 0.29) is 11.4 Å². The van der Waals surface area contributed by atoms with E-state index in [9.17, 15) is 4.39 Å². The molecule has 0 aliphatic carbocycles. The molecule has 0 bridgehead atoms. The van der Waals surface area contributed by atoms with E-state index in [2.05, 4.69) is 10.1 Å². The minimum absolute atomic E-state index is 0.321. The molecule has 142 valence electrons. The summed E-state index contributed by atoms with van der Waals surface area (Å²) in [5.74, 6) is 0.135. The number of anilines is 1. The number of pyridine rings is 2. The molecule has 4 aromatic heterocycles. The molecule has 5 heterocycles. The lowest BCUT2D eigenvalue weighted by molar-refractivity contribution is -0.0657. The number of ether oxygens (including phenoxy) is 1. The minimum Gasteiger partial charge on any atom is -0.384 e. The topological polar surface area (TPSA) is 83.3 Å². The monoisotopic (exact) mass is 378 g/mol. The van der Waals surface area contributed by atoms with E-state index < -0.39 is 0 Å². The third-order valence-corrected chi connectivity index (χ3v) is 4.97. The van der Waals surface area contributed by atoms with Crippen molar-refractivity contribution in [3.63, 3.8) is 0 Å². The first-order valence-electron chi connectivity index (χ1n) is 9.00. The first kappa shape index (κ1) is 16.9. The molecule has 0 amide bonds. The lowest BCUT2D eigenvalue weighted by Crippen LogP contribution is -2.36. The Morgan fingerprint density at radius 3 is 2.86 bits per heavy atom. The summed E-state index contributed by atoms with van der Waals surface area (Å²) in [6, 6.07) is 8.79. The molecule has 4 aromatic rings. The highest BCUT2D eigenvalue weighted by molar-refractivity contribution is 5.84. The third kappa shape index (κ3) is 2.65. The molecule has 1 aliphatic heterocycles. The molecule has 5 rings (SSSR count). The maximum atomic E-state index is 13.4. The van der Waals surface area contributed by atoms with Gasteiger partial charge in [0, 0.05) is 5.56 Å². The highest BCUT2D eigenvalue weighted by Gasteiger charge is 2.31. The Kier molecular flexibility index (Phi) is 3.54. The molecule has 8 heteroatoms. The zero-order valence-corrected chi connectivity index (χ0v) is 15.6. The molecule has 0 unspecified atom stereocenters. The number of hydrogen-bond acceptors (Lipinski definition) is 5. The van der Waals surface area contributed by atoms with Crippen LogP contribution in [0.15, 0.2) is 42.7 Å².